The van der Waals surface area contributed by atoms with Gasteiger partial charge in [0.05, 0.1) is 5.69 Å². The summed E-state index contributed by atoms with van der Waals surface area (Å²) in [6.45, 7) is 9.42. The van der Waals surface area contributed by atoms with Crippen molar-refractivity contribution in [1.82, 2.24) is 0 Å². The van der Waals surface area contributed by atoms with E-state index in [9.17, 15) is 0 Å². The highest BCUT2D eigenvalue weighted by molar-refractivity contribution is 7.26. The summed E-state index contributed by atoms with van der Waals surface area (Å²) < 4.78 is 5.32. The molecule has 494 valence electrons. The average molecular weight is 1370 g/mol. The Hall–Kier alpha value is -12.2. The van der Waals surface area contributed by atoms with Crippen molar-refractivity contribution in [3.05, 3.63) is 386 Å². The van der Waals surface area contributed by atoms with E-state index < -0.39 is 0 Å². The maximum atomic E-state index is 2.44. The van der Waals surface area contributed by atoms with Gasteiger partial charge in [-0.2, -0.15) is 0 Å². The molecule has 104 heavy (non-hydrogen) atoms. The highest BCUT2D eigenvalue weighted by Crippen LogP contribution is 2.54. The number of thiophene rings is 2. The van der Waals surface area contributed by atoms with E-state index in [1.54, 1.807) is 0 Å². The molecule has 2 aliphatic rings. The molecule has 0 saturated carbocycles. The molecule has 2 nitrogen and oxygen atoms in total. The minimum atomic E-state index is -0.0999. The van der Waals surface area contributed by atoms with Gasteiger partial charge >= 0.3 is 0 Å². The quantitative estimate of drug-likeness (QED) is 0.127. The first-order valence-electron chi connectivity index (χ1n) is 36.0. The van der Waals surface area contributed by atoms with Crippen molar-refractivity contribution < 1.29 is 0 Å². The minimum absolute atomic E-state index is 0.0816. The lowest BCUT2D eigenvalue weighted by atomic mass is 9.82. The molecule has 0 spiro atoms. The molecule has 20 rings (SSSR count). The largest absolute Gasteiger partial charge is 0.310 e. The van der Waals surface area contributed by atoms with E-state index in [1.807, 2.05) is 22.7 Å². The number of rotatable bonds is 11. The first kappa shape index (κ1) is 62.8. The van der Waals surface area contributed by atoms with Crippen molar-refractivity contribution in [3.63, 3.8) is 0 Å². The summed E-state index contributed by atoms with van der Waals surface area (Å²) in [5.41, 5.74) is 29.8. The lowest BCUT2D eigenvalue weighted by molar-refractivity contribution is 0.660. The van der Waals surface area contributed by atoms with Crippen molar-refractivity contribution >= 4 is 108 Å². The van der Waals surface area contributed by atoms with E-state index in [-0.39, 0.29) is 10.8 Å². The van der Waals surface area contributed by atoms with Crippen molar-refractivity contribution in [3.8, 4) is 77.9 Å². The Kier molecular flexibility index (Phi) is 15.3. The topological polar surface area (TPSA) is 6.48 Å². The third-order valence-electron chi connectivity index (χ3n) is 21.9. The molecule has 0 fully saturated rings. The Morgan fingerprint density at radius 3 is 1.09 bits per heavy atom. The summed E-state index contributed by atoms with van der Waals surface area (Å²) >= 11 is 3.77. The summed E-state index contributed by atoms with van der Waals surface area (Å²) in [5, 5.41) is 7.73. The molecule has 0 bridgehead atoms. The van der Waals surface area contributed by atoms with Gasteiger partial charge in [0.25, 0.3) is 0 Å². The fraction of sp³-hybridized carbons (Fsp3) is 0.0600. The lowest BCUT2D eigenvalue weighted by Gasteiger charge is -2.30. The van der Waals surface area contributed by atoms with Gasteiger partial charge in [0.15, 0.2) is 0 Å². The van der Waals surface area contributed by atoms with Crippen LogP contribution in [0.2, 0.25) is 0 Å². The monoisotopic (exact) mass is 1360 g/mol. The third-order valence-corrected chi connectivity index (χ3v) is 24.4. The number of fused-ring (bicyclic) bond motifs is 13. The molecule has 16 aromatic carbocycles. The molecule has 0 amide bonds. The number of hydrogen-bond donors (Lipinski definition) is 0. The van der Waals surface area contributed by atoms with Gasteiger partial charge in [0, 0.05) is 96.3 Å². The zero-order valence-electron chi connectivity index (χ0n) is 58.4. The predicted molar refractivity (Wildman–Crippen MR) is 448 cm³/mol. The molecule has 0 unspecified atom stereocenters. The van der Waals surface area contributed by atoms with E-state index in [0.29, 0.717) is 0 Å². The van der Waals surface area contributed by atoms with Crippen LogP contribution in [0.1, 0.15) is 49.9 Å². The minimum Gasteiger partial charge on any atom is -0.310 e. The highest BCUT2D eigenvalue weighted by atomic mass is 32.1. The predicted octanol–water partition coefficient (Wildman–Crippen LogP) is 29.1. The first-order chi connectivity index (χ1) is 51.1. The number of anilines is 6. The van der Waals surface area contributed by atoms with Crippen molar-refractivity contribution in [2.75, 3.05) is 9.80 Å². The van der Waals surface area contributed by atoms with E-state index in [4.69, 9.17) is 0 Å². The summed E-state index contributed by atoms with van der Waals surface area (Å²) in [5.74, 6) is 0. The molecule has 0 saturated heterocycles. The summed E-state index contributed by atoms with van der Waals surface area (Å²) in [7, 11) is 0. The Bertz CT molecular complexity index is 6340. The van der Waals surface area contributed by atoms with Gasteiger partial charge in [0.2, 0.25) is 0 Å². The second kappa shape index (κ2) is 25.4. The van der Waals surface area contributed by atoms with Crippen LogP contribution in [0.3, 0.4) is 0 Å². The van der Waals surface area contributed by atoms with Crippen molar-refractivity contribution in [2.24, 2.45) is 0 Å². The van der Waals surface area contributed by atoms with Gasteiger partial charge in [-0.25, -0.2) is 0 Å². The van der Waals surface area contributed by atoms with Crippen LogP contribution in [0.15, 0.2) is 364 Å². The van der Waals surface area contributed by atoms with Crippen LogP contribution in [0.4, 0.5) is 34.1 Å². The van der Waals surface area contributed by atoms with E-state index in [1.165, 1.54) is 151 Å². The van der Waals surface area contributed by atoms with E-state index in [2.05, 4.69) is 401 Å². The van der Waals surface area contributed by atoms with Gasteiger partial charge in [-0.05, 0) is 197 Å². The third kappa shape index (κ3) is 10.7. The van der Waals surface area contributed by atoms with Crippen molar-refractivity contribution in [1.29, 1.82) is 0 Å². The molecule has 0 N–H and O–H groups in total. The molecule has 2 aliphatic carbocycles. The molecular weight excluding hydrogens is 1290 g/mol. The van der Waals surface area contributed by atoms with Crippen LogP contribution in [-0.2, 0) is 10.8 Å². The van der Waals surface area contributed by atoms with Crippen molar-refractivity contribution in [2.45, 2.75) is 38.5 Å². The Morgan fingerprint density at radius 2 is 0.577 bits per heavy atom. The average Bonchev–Trinajstić information content (AvgIpc) is 1.58. The van der Waals surface area contributed by atoms with Crippen LogP contribution in [0.25, 0.3) is 129 Å². The molecule has 4 heteroatoms. The maximum absolute atomic E-state index is 2.44. The van der Waals surface area contributed by atoms with Crippen LogP contribution < -0.4 is 9.80 Å². The zero-order chi connectivity index (χ0) is 69.6. The molecule has 0 aliphatic heterocycles. The molecule has 18 aromatic rings. The maximum Gasteiger partial charge on any atom is 0.0540 e. The van der Waals surface area contributed by atoms with Crippen LogP contribution in [-0.4, -0.2) is 0 Å². The molecule has 0 atom stereocenters. The molecule has 2 aromatic heterocycles. The summed E-state index contributed by atoms with van der Waals surface area (Å²) in [6.07, 6.45) is 0. The van der Waals surface area contributed by atoms with Crippen LogP contribution in [0, 0.1) is 0 Å². The SMILES string of the molecule is CC1(C)c2ccccc2-c2ccc(N(c3ccc(-c4cc(-c5ccccc5)c5sc6ccccc6c5c4)cc3)c3ccc4ccccc4c3)cc21.CC1(C)c2ccccc2-c2ccc(N(c3ccc(-c4cc(-c5ccccc5)c5sc6ccccc6c5c4)cc3)c3ccccc3-c3ccccc3)cc21. The van der Waals surface area contributed by atoms with E-state index >= 15 is 0 Å². The van der Waals surface area contributed by atoms with Gasteiger partial charge in [-0.1, -0.05) is 289 Å². The Labute approximate surface area is 616 Å². The van der Waals surface area contributed by atoms with Crippen LogP contribution >= 0.6 is 22.7 Å². The zero-order valence-corrected chi connectivity index (χ0v) is 60.0. The lowest BCUT2D eigenvalue weighted by Crippen LogP contribution is -2.16. The fourth-order valence-corrected chi connectivity index (χ4v) is 19.1. The van der Waals surface area contributed by atoms with Gasteiger partial charge in [0.1, 0.15) is 0 Å². The Balaban J connectivity index is 0.000000143. The van der Waals surface area contributed by atoms with Crippen LogP contribution in [0.5, 0.6) is 0 Å². The second-order valence-electron chi connectivity index (χ2n) is 28.7. The Morgan fingerprint density at radius 1 is 0.212 bits per heavy atom. The summed E-state index contributed by atoms with van der Waals surface area (Å²) in [4.78, 5) is 4.86. The number of para-hydroxylation sites is 1. The normalized spacial score (nSPS) is 13.0. The first-order valence-corrected chi connectivity index (χ1v) is 37.7. The molecule has 0 radical (unpaired) electrons. The molecular formula is C100H72N2S2. The smallest absolute Gasteiger partial charge is 0.0540 e. The number of benzene rings is 16. The highest BCUT2D eigenvalue weighted by Gasteiger charge is 2.38. The van der Waals surface area contributed by atoms with Gasteiger partial charge in [-0.3, -0.25) is 0 Å². The fourth-order valence-electron chi connectivity index (χ4n) is 16.6. The number of nitrogens with zero attached hydrogens (tertiary/aromatic N) is 2. The summed E-state index contributed by atoms with van der Waals surface area (Å²) in [6, 6.07) is 134. The second-order valence-corrected chi connectivity index (χ2v) is 30.8. The van der Waals surface area contributed by atoms with E-state index in [0.717, 1.165) is 34.1 Å². The molecule has 2 heterocycles. The van der Waals surface area contributed by atoms with Gasteiger partial charge in [-0.15, -0.1) is 22.7 Å². The standard InChI is InChI=1S/C51H37NS.C49H35NS/c1-51(2)46-22-12-9-20-41(46)42-30-29-39(33-47(42)51)52(48-23-13-10-19-40(48)35-15-5-3-6-16-35)38-27-25-34(26-28-38)37-31-44(36-17-7-4-8-18-36)50-45(32-37)43-21-11-14-24-49(43)53-50;1-49(2)45-18-10-8-16-40(45)41-27-26-39(31-46(41)49)50(38-25-22-32-12-6-7-15-35(32)28-38)37-23-20-33(21-24-37)36-29-43(34-13-4-3-5-14-34)48-44(30-36)42-17-9-11-19-47(42)51-48/h3-33H,1-2H3;3-31H,1-2H3. The number of hydrogen-bond acceptors (Lipinski definition) is 4. The van der Waals surface area contributed by atoms with Gasteiger partial charge < -0.3 is 9.80 Å².